The maximum atomic E-state index is 13.4. The topological polar surface area (TPSA) is 108 Å². The fraction of sp³-hybridized carbons (Fsp3) is 0.300. The Bertz CT molecular complexity index is 1120. The van der Waals surface area contributed by atoms with Crippen LogP contribution < -0.4 is 15.1 Å². The highest BCUT2D eigenvalue weighted by Crippen LogP contribution is 2.31. The Balaban J connectivity index is 0.000000806. The van der Waals surface area contributed by atoms with Crippen molar-refractivity contribution < 1.29 is 18.3 Å². The molecule has 2 aromatic heterocycles. The van der Waals surface area contributed by atoms with Crippen LogP contribution in [0.5, 0.6) is 0 Å². The number of fused-ring (bicyclic) bond motifs is 1. The molecule has 1 aromatic carbocycles. The van der Waals surface area contributed by atoms with E-state index in [1.54, 1.807) is 42.7 Å². The second kappa shape index (κ2) is 9.14. The highest BCUT2D eigenvalue weighted by atomic mass is 32.2. The van der Waals surface area contributed by atoms with Crippen LogP contribution >= 0.6 is 0 Å². The van der Waals surface area contributed by atoms with Crippen LogP contribution in [0.2, 0.25) is 0 Å². The number of pyridine rings is 1. The third kappa shape index (κ3) is 4.24. The van der Waals surface area contributed by atoms with Crippen LogP contribution in [-0.2, 0) is 14.8 Å². The number of piperazine rings is 1. The summed E-state index contributed by atoms with van der Waals surface area (Å²) in [5, 5.41) is 10.2. The Morgan fingerprint density at radius 2 is 1.87 bits per heavy atom. The van der Waals surface area contributed by atoms with E-state index in [0.717, 1.165) is 37.6 Å². The molecule has 1 aliphatic heterocycles. The quantitative estimate of drug-likeness (QED) is 0.598. The van der Waals surface area contributed by atoms with Crippen LogP contribution in [0.3, 0.4) is 0 Å². The molecule has 160 valence electrons. The van der Waals surface area contributed by atoms with Gasteiger partial charge in [-0.15, -0.1) is 0 Å². The summed E-state index contributed by atoms with van der Waals surface area (Å²) in [6.07, 6.45) is 3.41. The standard InChI is InChI=1S/C19H23N5O2S.CH2O2/c1-22(2)15-5-3-6-16(13-15)27(25,26)24-14-18(23-11-9-20-10-12-23)19-17(24)7-4-8-21-19;2-1-3/h3-8,13-14,20H,9-12H2,1-2H3;1H,(H,2,3). The summed E-state index contributed by atoms with van der Waals surface area (Å²) in [6, 6.07) is 10.6. The highest BCUT2D eigenvalue weighted by molar-refractivity contribution is 7.90. The number of hydrogen-bond donors (Lipinski definition) is 2. The molecule has 1 saturated heterocycles. The van der Waals surface area contributed by atoms with Crippen molar-refractivity contribution in [3.8, 4) is 0 Å². The first-order valence-corrected chi connectivity index (χ1v) is 10.9. The number of nitrogens with one attached hydrogen (secondary N) is 1. The van der Waals surface area contributed by atoms with Gasteiger partial charge in [0.2, 0.25) is 0 Å². The lowest BCUT2D eigenvalue weighted by molar-refractivity contribution is -0.122. The van der Waals surface area contributed by atoms with Crippen LogP contribution in [0.1, 0.15) is 0 Å². The lowest BCUT2D eigenvalue weighted by Gasteiger charge is -2.28. The van der Waals surface area contributed by atoms with Gasteiger partial charge in [0.25, 0.3) is 16.5 Å². The Morgan fingerprint density at radius 3 is 2.53 bits per heavy atom. The molecule has 0 saturated carbocycles. The molecule has 0 aliphatic carbocycles. The van der Waals surface area contributed by atoms with E-state index in [-0.39, 0.29) is 11.4 Å². The van der Waals surface area contributed by atoms with Gasteiger partial charge in [0.05, 0.1) is 16.1 Å². The molecule has 1 aliphatic rings. The Morgan fingerprint density at radius 1 is 1.17 bits per heavy atom. The summed E-state index contributed by atoms with van der Waals surface area (Å²) >= 11 is 0. The molecule has 4 rings (SSSR count). The summed E-state index contributed by atoms with van der Waals surface area (Å²) in [5.74, 6) is 0. The van der Waals surface area contributed by atoms with Crippen molar-refractivity contribution >= 4 is 38.9 Å². The summed E-state index contributed by atoms with van der Waals surface area (Å²) in [6.45, 7) is 3.14. The number of carbonyl (C=O) groups is 1. The molecule has 0 radical (unpaired) electrons. The van der Waals surface area contributed by atoms with Crippen molar-refractivity contribution in [1.29, 1.82) is 0 Å². The fourth-order valence-corrected chi connectivity index (χ4v) is 4.78. The first-order valence-electron chi connectivity index (χ1n) is 9.42. The molecule has 2 N–H and O–H groups in total. The molecule has 0 unspecified atom stereocenters. The number of hydrogen-bond acceptors (Lipinski definition) is 7. The molecule has 0 spiro atoms. The second-order valence-electron chi connectivity index (χ2n) is 6.92. The van der Waals surface area contributed by atoms with Gasteiger partial charge in [-0.1, -0.05) is 6.07 Å². The normalized spacial score (nSPS) is 14.1. The van der Waals surface area contributed by atoms with E-state index in [1.165, 1.54) is 3.97 Å². The maximum Gasteiger partial charge on any atom is 0.290 e. The van der Waals surface area contributed by atoms with Crippen molar-refractivity contribution in [2.24, 2.45) is 0 Å². The van der Waals surface area contributed by atoms with Gasteiger partial charge in [-0.3, -0.25) is 9.78 Å². The second-order valence-corrected chi connectivity index (χ2v) is 8.74. The Kier molecular flexibility index (Phi) is 6.58. The summed E-state index contributed by atoms with van der Waals surface area (Å²) in [5.41, 5.74) is 3.01. The molecule has 30 heavy (non-hydrogen) atoms. The predicted molar refractivity (Wildman–Crippen MR) is 117 cm³/mol. The molecule has 9 nitrogen and oxygen atoms in total. The minimum absolute atomic E-state index is 0.250. The van der Waals surface area contributed by atoms with Crippen molar-refractivity contribution in [2.75, 3.05) is 50.1 Å². The van der Waals surface area contributed by atoms with Gasteiger partial charge in [0, 0.05) is 58.4 Å². The third-order valence-corrected chi connectivity index (χ3v) is 6.52. The van der Waals surface area contributed by atoms with Crippen molar-refractivity contribution in [3.63, 3.8) is 0 Å². The highest BCUT2D eigenvalue weighted by Gasteiger charge is 2.25. The zero-order chi connectivity index (χ0) is 21.7. The zero-order valence-electron chi connectivity index (χ0n) is 16.9. The monoisotopic (exact) mass is 431 g/mol. The molecule has 3 heterocycles. The van der Waals surface area contributed by atoms with Crippen LogP contribution in [0.15, 0.2) is 53.7 Å². The van der Waals surface area contributed by atoms with Crippen LogP contribution in [0, 0.1) is 0 Å². The minimum Gasteiger partial charge on any atom is -0.483 e. The van der Waals surface area contributed by atoms with Gasteiger partial charge in [-0.2, -0.15) is 0 Å². The van der Waals surface area contributed by atoms with Crippen LogP contribution in [-0.4, -0.2) is 69.2 Å². The van der Waals surface area contributed by atoms with Crippen molar-refractivity contribution in [2.45, 2.75) is 4.90 Å². The van der Waals surface area contributed by atoms with Gasteiger partial charge in [-0.25, -0.2) is 12.4 Å². The number of benzene rings is 1. The molecular formula is C20H25N5O4S. The van der Waals surface area contributed by atoms with Crippen LogP contribution in [0.4, 0.5) is 11.4 Å². The van der Waals surface area contributed by atoms with E-state index in [4.69, 9.17) is 9.90 Å². The van der Waals surface area contributed by atoms with Crippen LogP contribution in [0.25, 0.3) is 11.0 Å². The lowest BCUT2D eigenvalue weighted by Crippen LogP contribution is -2.43. The number of carboxylic acid groups (broad SMARTS) is 1. The lowest BCUT2D eigenvalue weighted by atomic mass is 10.3. The van der Waals surface area contributed by atoms with Crippen molar-refractivity contribution in [1.82, 2.24) is 14.3 Å². The number of nitrogens with zero attached hydrogens (tertiary/aromatic N) is 4. The van der Waals surface area contributed by atoms with Gasteiger partial charge in [0.1, 0.15) is 5.52 Å². The first-order chi connectivity index (χ1) is 14.4. The van der Waals surface area contributed by atoms with E-state index in [2.05, 4.69) is 15.2 Å². The zero-order valence-corrected chi connectivity index (χ0v) is 17.7. The predicted octanol–water partition coefficient (Wildman–Crippen LogP) is 1.45. The van der Waals surface area contributed by atoms with Crippen molar-refractivity contribution in [3.05, 3.63) is 48.8 Å². The molecule has 1 fully saturated rings. The Hall–Kier alpha value is -3.11. The molecule has 0 amide bonds. The fourth-order valence-electron chi connectivity index (χ4n) is 3.39. The molecule has 10 heteroatoms. The molecule has 0 atom stereocenters. The first kappa shape index (κ1) is 21.6. The van der Waals surface area contributed by atoms with Gasteiger partial charge < -0.3 is 20.2 Å². The van der Waals surface area contributed by atoms with E-state index in [1.807, 2.05) is 25.1 Å². The van der Waals surface area contributed by atoms with E-state index in [0.29, 0.717) is 11.0 Å². The number of rotatable bonds is 4. The number of aromatic nitrogens is 2. The molecule has 3 aromatic rings. The molecule has 0 bridgehead atoms. The van der Waals surface area contributed by atoms with E-state index in [9.17, 15) is 8.42 Å². The molecular weight excluding hydrogens is 406 g/mol. The average Bonchev–Trinajstić information content (AvgIpc) is 3.16. The van der Waals surface area contributed by atoms with Gasteiger partial charge >= 0.3 is 0 Å². The summed E-state index contributed by atoms with van der Waals surface area (Å²) < 4.78 is 28.2. The third-order valence-electron chi connectivity index (χ3n) is 4.85. The SMILES string of the molecule is CN(C)c1cccc(S(=O)(=O)n2cc(N3CCNCC3)c3ncccc32)c1.O=CO. The van der Waals surface area contributed by atoms with E-state index >= 15 is 0 Å². The van der Waals surface area contributed by atoms with E-state index < -0.39 is 10.0 Å². The van der Waals surface area contributed by atoms with Gasteiger partial charge in [-0.05, 0) is 30.3 Å². The maximum absolute atomic E-state index is 13.4. The van der Waals surface area contributed by atoms with Gasteiger partial charge in [0.15, 0.2) is 0 Å². The Labute approximate surface area is 175 Å². The average molecular weight is 432 g/mol. The number of anilines is 2. The summed E-state index contributed by atoms with van der Waals surface area (Å²) in [4.78, 5) is 17.2. The summed E-state index contributed by atoms with van der Waals surface area (Å²) in [7, 11) is 0.0524. The minimum atomic E-state index is -3.73. The largest absolute Gasteiger partial charge is 0.483 e. The smallest absolute Gasteiger partial charge is 0.290 e.